The number of rotatable bonds is 5. The van der Waals surface area contributed by atoms with Crippen LogP contribution in [-0.2, 0) is 9.84 Å². The van der Waals surface area contributed by atoms with E-state index in [4.69, 9.17) is 0 Å². The van der Waals surface area contributed by atoms with Crippen LogP contribution in [0.1, 0.15) is 18.5 Å². The van der Waals surface area contributed by atoms with Gasteiger partial charge in [-0.05, 0) is 31.7 Å². The molecule has 0 heterocycles. The minimum absolute atomic E-state index is 0.0392. The normalized spacial score (nSPS) is 13.9. The van der Waals surface area contributed by atoms with Gasteiger partial charge in [0.25, 0.3) is 0 Å². The zero-order valence-corrected chi connectivity index (χ0v) is 11.5. The lowest BCUT2D eigenvalue weighted by Gasteiger charge is -2.24. The fraction of sp³-hybridized carbons (Fsp3) is 0.500. The Morgan fingerprint density at radius 1 is 1.28 bits per heavy atom. The van der Waals surface area contributed by atoms with Gasteiger partial charge in [-0.15, -0.1) is 0 Å². The van der Waals surface area contributed by atoms with Crippen molar-refractivity contribution >= 4 is 9.84 Å². The van der Waals surface area contributed by atoms with E-state index in [0.717, 1.165) is 12.1 Å². The third-order valence-corrected chi connectivity index (χ3v) is 3.83. The van der Waals surface area contributed by atoms with E-state index in [1.165, 1.54) is 12.3 Å². The van der Waals surface area contributed by atoms with Gasteiger partial charge in [0.15, 0.2) is 11.6 Å². The minimum Gasteiger partial charge on any atom is -0.299 e. The molecule has 6 heteroatoms. The highest BCUT2D eigenvalue weighted by atomic mass is 32.2. The number of hydrogen-bond acceptors (Lipinski definition) is 3. The van der Waals surface area contributed by atoms with E-state index < -0.39 is 21.5 Å². The van der Waals surface area contributed by atoms with Crippen LogP contribution in [0, 0.1) is 11.6 Å². The van der Waals surface area contributed by atoms with Crippen molar-refractivity contribution in [2.24, 2.45) is 0 Å². The largest absolute Gasteiger partial charge is 0.299 e. The Bertz CT molecular complexity index is 517. The maximum absolute atomic E-state index is 13.1. The van der Waals surface area contributed by atoms with Gasteiger partial charge in [0, 0.05) is 18.8 Å². The number of benzene rings is 1. The average molecular weight is 277 g/mol. The van der Waals surface area contributed by atoms with E-state index in [1.807, 2.05) is 6.92 Å². The summed E-state index contributed by atoms with van der Waals surface area (Å²) in [4.78, 5) is 1.79. The molecule has 0 aliphatic heterocycles. The summed E-state index contributed by atoms with van der Waals surface area (Å²) in [6.45, 7) is 2.16. The van der Waals surface area contributed by atoms with Crippen LogP contribution < -0.4 is 0 Å². The second kappa shape index (κ2) is 5.75. The Labute approximate surface area is 106 Å². The molecule has 1 rings (SSSR count). The van der Waals surface area contributed by atoms with E-state index in [2.05, 4.69) is 0 Å². The third kappa shape index (κ3) is 4.34. The fourth-order valence-electron chi connectivity index (χ4n) is 1.53. The molecule has 1 atom stereocenters. The van der Waals surface area contributed by atoms with Gasteiger partial charge in [-0.2, -0.15) is 0 Å². The first-order chi connectivity index (χ1) is 8.20. The summed E-state index contributed by atoms with van der Waals surface area (Å²) in [5, 5.41) is 0. The molecular weight excluding hydrogens is 260 g/mol. The monoisotopic (exact) mass is 277 g/mol. The summed E-state index contributed by atoms with van der Waals surface area (Å²) >= 11 is 0. The highest BCUT2D eigenvalue weighted by Gasteiger charge is 2.15. The molecule has 1 unspecified atom stereocenters. The molecule has 0 spiro atoms. The molecule has 0 amide bonds. The molecule has 0 radical (unpaired) electrons. The standard InChI is InChI=1S/C12H17F2NO2S/c1-9(15(2)6-7-18(3,16)17)10-4-5-11(13)12(14)8-10/h4-5,8-9H,6-7H2,1-3H3. The van der Waals surface area contributed by atoms with Crippen LogP contribution in [0.4, 0.5) is 8.78 Å². The maximum Gasteiger partial charge on any atom is 0.159 e. The molecule has 0 fully saturated rings. The van der Waals surface area contributed by atoms with Crippen molar-refractivity contribution in [2.75, 3.05) is 25.6 Å². The molecule has 0 N–H and O–H groups in total. The van der Waals surface area contributed by atoms with E-state index in [9.17, 15) is 17.2 Å². The Hall–Kier alpha value is -1.01. The van der Waals surface area contributed by atoms with Gasteiger partial charge in [-0.1, -0.05) is 6.07 Å². The first-order valence-electron chi connectivity index (χ1n) is 5.53. The summed E-state index contributed by atoms with van der Waals surface area (Å²) in [5.41, 5.74) is 0.616. The number of hydrogen-bond donors (Lipinski definition) is 0. The van der Waals surface area contributed by atoms with Crippen molar-refractivity contribution in [3.05, 3.63) is 35.4 Å². The summed E-state index contributed by atoms with van der Waals surface area (Å²) in [5.74, 6) is -1.74. The van der Waals surface area contributed by atoms with Gasteiger partial charge >= 0.3 is 0 Å². The molecule has 18 heavy (non-hydrogen) atoms. The van der Waals surface area contributed by atoms with Gasteiger partial charge < -0.3 is 0 Å². The van der Waals surface area contributed by atoms with E-state index in [1.54, 1.807) is 11.9 Å². The molecule has 0 aliphatic rings. The molecule has 0 aromatic heterocycles. The van der Waals surface area contributed by atoms with Gasteiger partial charge in [0.2, 0.25) is 0 Å². The lowest BCUT2D eigenvalue weighted by Crippen LogP contribution is -2.28. The number of sulfone groups is 1. The van der Waals surface area contributed by atoms with Crippen LogP contribution in [0.5, 0.6) is 0 Å². The predicted octanol–water partition coefficient (Wildman–Crippen LogP) is 2.00. The number of nitrogens with zero attached hydrogens (tertiary/aromatic N) is 1. The molecule has 102 valence electrons. The van der Waals surface area contributed by atoms with Gasteiger partial charge in [0.1, 0.15) is 9.84 Å². The van der Waals surface area contributed by atoms with Crippen molar-refractivity contribution < 1.29 is 17.2 Å². The average Bonchev–Trinajstić information content (AvgIpc) is 2.27. The zero-order chi connectivity index (χ0) is 13.9. The van der Waals surface area contributed by atoms with Crippen LogP contribution in [-0.4, -0.2) is 38.9 Å². The topological polar surface area (TPSA) is 37.4 Å². The highest BCUT2D eigenvalue weighted by molar-refractivity contribution is 7.90. The molecule has 0 bridgehead atoms. The molecule has 1 aromatic rings. The van der Waals surface area contributed by atoms with E-state index >= 15 is 0 Å². The fourth-order valence-corrected chi connectivity index (χ4v) is 2.15. The zero-order valence-electron chi connectivity index (χ0n) is 10.7. The molecule has 0 saturated heterocycles. The molecular formula is C12H17F2NO2S. The van der Waals surface area contributed by atoms with Crippen molar-refractivity contribution in [1.82, 2.24) is 4.90 Å². The smallest absolute Gasteiger partial charge is 0.159 e. The Kier molecular flexibility index (Phi) is 4.81. The predicted molar refractivity (Wildman–Crippen MR) is 67.1 cm³/mol. The molecule has 0 aliphatic carbocycles. The van der Waals surface area contributed by atoms with Crippen molar-refractivity contribution in [1.29, 1.82) is 0 Å². The van der Waals surface area contributed by atoms with Crippen LogP contribution in [0.2, 0.25) is 0 Å². The van der Waals surface area contributed by atoms with Crippen LogP contribution in [0.25, 0.3) is 0 Å². The van der Waals surface area contributed by atoms with Crippen LogP contribution in [0.15, 0.2) is 18.2 Å². The second-order valence-corrected chi connectivity index (χ2v) is 6.72. The number of halogens is 2. The quantitative estimate of drug-likeness (QED) is 0.826. The highest BCUT2D eigenvalue weighted by Crippen LogP contribution is 2.20. The van der Waals surface area contributed by atoms with Crippen molar-refractivity contribution in [3.8, 4) is 0 Å². The molecule has 1 aromatic carbocycles. The summed E-state index contributed by atoms with van der Waals surface area (Å²) < 4.78 is 48.0. The van der Waals surface area contributed by atoms with Crippen molar-refractivity contribution in [2.45, 2.75) is 13.0 Å². The Balaban J connectivity index is 2.74. The first kappa shape index (κ1) is 15.0. The van der Waals surface area contributed by atoms with Crippen molar-refractivity contribution in [3.63, 3.8) is 0 Å². The van der Waals surface area contributed by atoms with E-state index in [-0.39, 0.29) is 11.8 Å². The SMILES string of the molecule is CC(c1ccc(F)c(F)c1)N(C)CCS(C)(=O)=O. The lowest BCUT2D eigenvalue weighted by atomic mass is 10.1. The Morgan fingerprint density at radius 3 is 2.39 bits per heavy atom. The maximum atomic E-state index is 13.1. The third-order valence-electron chi connectivity index (χ3n) is 2.90. The van der Waals surface area contributed by atoms with Gasteiger partial charge in [-0.3, -0.25) is 4.90 Å². The van der Waals surface area contributed by atoms with Gasteiger partial charge in [0.05, 0.1) is 5.75 Å². The first-order valence-corrected chi connectivity index (χ1v) is 7.59. The van der Waals surface area contributed by atoms with E-state index in [0.29, 0.717) is 12.1 Å². The summed E-state index contributed by atoms with van der Waals surface area (Å²) in [6.07, 6.45) is 1.17. The molecule has 0 saturated carbocycles. The minimum atomic E-state index is -3.03. The Morgan fingerprint density at radius 2 is 1.89 bits per heavy atom. The summed E-state index contributed by atoms with van der Waals surface area (Å²) in [6, 6.07) is 3.53. The van der Waals surface area contributed by atoms with Crippen LogP contribution >= 0.6 is 0 Å². The lowest BCUT2D eigenvalue weighted by molar-refractivity contribution is 0.276. The van der Waals surface area contributed by atoms with Crippen LogP contribution in [0.3, 0.4) is 0 Å². The molecule has 3 nitrogen and oxygen atoms in total. The van der Waals surface area contributed by atoms with Gasteiger partial charge in [-0.25, -0.2) is 17.2 Å². The second-order valence-electron chi connectivity index (χ2n) is 4.46. The summed E-state index contributed by atoms with van der Waals surface area (Å²) in [7, 11) is -1.28.